The summed E-state index contributed by atoms with van der Waals surface area (Å²) in [5.41, 5.74) is 7.59. The van der Waals surface area contributed by atoms with Crippen molar-refractivity contribution in [3.63, 3.8) is 0 Å². The van der Waals surface area contributed by atoms with Gasteiger partial charge in [0.15, 0.2) is 0 Å². The zero-order valence-electron chi connectivity index (χ0n) is 20.1. The van der Waals surface area contributed by atoms with Gasteiger partial charge in [-0.2, -0.15) is 13.2 Å². The van der Waals surface area contributed by atoms with Gasteiger partial charge in [-0.3, -0.25) is 25.0 Å². The monoisotopic (exact) mass is 501 g/mol. The van der Waals surface area contributed by atoms with Crippen molar-refractivity contribution >= 4 is 5.69 Å². The van der Waals surface area contributed by atoms with E-state index >= 15 is 4.39 Å². The van der Waals surface area contributed by atoms with Gasteiger partial charge in [0.1, 0.15) is 5.82 Å². The fourth-order valence-corrected chi connectivity index (χ4v) is 7.07. The van der Waals surface area contributed by atoms with E-state index in [1.807, 2.05) is 13.0 Å². The second kappa shape index (κ2) is 10.1. The van der Waals surface area contributed by atoms with Gasteiger partial charge in [-0.05, 0) is 68.1 Å². The lowest BCUT2D eigenvalue weighted by atomic mass is 9.62. The van der Waals surface area contributed by atoms with E-state index < -0.39 is 24.6 Å². The fourth-order valence-electron chi connectivity index (χ4n) is 7.07. The van der Waals surface area contributed by atoms with Crippen molar-refractivity contribution in [2.75, 3.05) is 44.7 Å². The van der Waals surface area contributed by atoms with E-state index in [1.54, 1.807) is 11.0 Å². The fraction of sp³-hybridized carbons (Fsp3) is 0.760. The maximum absolute atomic E-state index is 15.2. The first kappa shape index (κ1) is 25.2. The minimum absolute atomic E-state index is 0.0606. The highest BCUT2D eigenvalue weighted by Crippen LogP contribution is 2.52. The molecule has 1 saturated carbocycles. The molecule has 0 aromatic heterocycles. The molecule has 4 aliphatic rings. The summed E-state index contributed by atoms with van der Waals surface area (Å²) in [6.45, 7) is 3.54. The normalized spacial score (nSPS) is 34.3. The maximum atomic E-state index is 15.2. The maximum Gasteiger partial charge on any atom is 0.401 e. The molecule has 6 atom stereocenters. The molecule has 3 aliphatic heterocycles. The van der Waals surface area contributed by atoms with Gasteiger partial charge in [-0.15, -0.1) is 0 Å². The second-order valence-corrected chi connectivity index (χ2v) is 10.9. The summed E-state index contributed by atoms with van der Waals surface area (Å²) >= 11 is 0. The van der Waals surface area contributed by atoms with Crippen LogP contribution in [0.5, 0.6) is 0 Å². The van der Waals surface area contributed by atoms with E-state index in [0.29, 0.717) is 42.1 Å². The molecule has 1 aromatic rings. The molecule has 4 unspecified atom stereocenters. The lowest BCUT2D eigenvalue weighted by molar-refractivity contribution is -0.172. The molecule has 0 radical (unpaired) electrons. The SMILES string of the molecule is C[C@@H]1CC2C3CNNC3CCC2[C@@H](c2ccc(NC3CN(CCCF)C3)c(F)c2)N1CC(F)(F)F. The number of hydrogen-bond acceptors (Lipinski definition) is 5. The molecule has 0 bridgehead atoms. The molecule has 4 fully saturated rings. The molecule has 196 valence electrons. The third-order valence-electron chi connectivity index (χ3n) is 8.62. The van der Waals surface area contributed by atoms with Crippen molar-refractivity contribution in [2.24, 2.45) is 17.8 Å². The summed E-state index contributed by atoms with van der Waals surface area (Å²) in [4.78, 5) is 3.68. The molecule has 3 saturated heterocycles. The van der Waals surface area contributed by atoms with Gasteiger partial charge in [0.25, 0.3) is 0 Å². The van der Waals surface area contributed by atoms with E-state index in [1.165, 1.54) is 6.07 Å². The Balaban J connectivity index is 1.36. The summed E-state index contributed by atoms with van der Waals surface area (Å²) in [5.74, 6) is 0.318. The van der Waals surface area contributed by atoms with Crippen LogP contribution in [0.15, 0.2) is 18.2 Å². The predicted molar refractivity (Wildman–Crippen MR) is 125 cm³/mol. The van der Waals surface area contributed by atoms with E-state index in [9.17, 15) is 17.6 Å². The molecule has 3 heterocycles. The zero-order chi connectivity index (χ0) is 24.7. The number of benzene rings is 1. The van der Waals surface area contributed by atoms with Gasteiger partial charge in [-0.25, -0.2) is 4.39 Å². The van der Waals surface area contributed by atoms with Gasteiger partial charge in [0.2, 0.25) is 0 Å². The Bertz CT molecular complexity index is 876. The average Bonchev–Trinajstić information content (AvgIpc) is 3.25. The van der Waals surface area contributed by atoms with Gasteiger partial charge in [0.05, 0.1) is 24.9 Å². The number of anilines is 1. The Labute approximate surface area is 203 Å². The van der Waals surface area contributed by atoms with Crippen molar-refractivity contribution in [2.45, 2.75) is 63.0 Å². The van der Waals surface area contributed by atoms with Gasteiger partial charge >= 0.3 is 6.18 Å². The van der Waals surface area contributed by atoms with Gasteiger partial charge in [0, 0.05) is 44.3 Å². The number of hydrogen-bond donors (Lipinski definition) is 3. The highest BCUT2D eigenvalue weighted by atomic mass is 19.4. The Hall–Kier alpha value is -1.49. The molecule has 10 heteroatoms. The molecule has 3 N–H and O–H groups in total. The standard InChI is InChI=1S/C25H36F5N5/c1-15-9-19-18(4-6-22-20(19)11-31-33-22)24(35(15)14-25(28,29)30)16-3-5-23(21(27)10-16)32-17-12-34(13-17)8-2-7-26/h3,5,10,15,17-20,22,24,31-33H,2,4,6-9,11-14H2,1H3/t15-,18?,19?,20?,22?,24-/m1/s1. The first-order valence-corrected chi connectivity index (χ1v) is 12.9. The second-order valence-electron chi connectivity index (χ2n) is 10.9. The Morgan fingerprint density at radius 3 is 2.63 bits per heavy atom. The first-order chi connectivity index (χ1) is 16.7. The third-order valence-corrected chi connectivity index (χ3v) is 8.62. The van der Waals surface area contributed by atoms with Crippen LogP contribution >= 0.6 is 0 Å². The third kappa shape index (κ3) is 5.31. The number of nitrogens with zero attached hydrogens (tertiary/aromatic N) is 2. The van der Waals surface area contributed by atoms with Crippen LogP contribution in [0.2, 0.25) is 0 Å². The Morgan fingerprint density at radius 2 is 1.91 bits per heavy atom. The molecular weight excluding hydrogens is 465 g/mol. The van der Waals surface area contributed by atoms with Crippen molar-refractivity contribution in [3.8, 4) is 0 Å². The van der Waals surface area contributed by atoms with Crippen LogP contribution in [0.1, 0.15) is 44.2 Å². The number of likely N-dealkylation sites (tertiary alicyclic amines) is 2. The van der Waals surface area contributed by atoms with Crippen LogP contribution in [0.25, 0.3) is 0 Å². The average molecular weight is 502 g/mol. The number of nitrogens with one attached hydrogen (secondary N) is 3. The number of rotatable bonds is 7. The molecule has 0 spiro atoms. The van der Waals surface area contributed by atoms with E-state index in [-0.39, 0.29) is 24.7 Å². The predicted octanol–water partition coefficient (Wildman–Crippen LogP) is 4.10. The molecule has 5 rings (SSSR count). The quantitative estimate of drug-likeness (QED) is 0.491. The minimum Gasteiger partial charge on any atom is -0.377 e. The van der Waals surface area contributed by atoms with Crippen molar-refractivity contribution in [3.05, 3.63) is 29.6 Å². The Kier molecular flexibility index (Phi) is 7.27. The molecular formula is C25H36F5N5. The molecule has 35 heavy (non-hydrogen) atoms. The van der Waals surface area contributed by atoms with Gasteiger partial charge < -0.3 is 5.32 Å². The largest absolute Gasteiger partial charge is 0.401 e. The Morgan fingerprint density at radius 1 is 1.11 bits per heavy atom. The lowest BCUT2D eigenvalue weighted by Crippen LogP contribution is -2.56. The summed E-state index contributed by atoms with van der Waals surface area (Å²) in [5, 5.41) is 3.21. The van der Waals surface area contributed by atoms with E-state index in [4.69, 9.17) is 0 Å². The zero-order valence-corrected chi connectivity index (χ0v) is 20.1. The van der Waals surface area contributed by atoms with Crippen molar-refractivity contribution in [1.29, 1.82) is 0 Å². The summed E-state index contributed by atoms with van der Waals surface area (Å²) in [7, 11) is 0. The summed E-state index contributed by atoms with van der Waals surface area (Å²) < 4.78 is 68.4. The van der Waals surface area contributed by atoms with Crippen LogP contribution in [0, 0.1) is 23.6 Å². The summed E-state index contributed by atoms with van der Waals surface area (Å²) in [6, 6.07) is 4.68. The molecule has 1 aromatic carbocycles. The number of fused-ring (bicyclic) bond motifs is 3. The number of hydrazine groups is 1. The minimum atomic E-state index is -4.31. The number of halogens is 5. The highest BCUT2D eigenvalue weighted by Gasteiger charge is 2.52. The smallest absolute Gasteiger partial charge is 0.377 e. The van der Waals surface area contributed by atoms with E-state index in [0.717, 1.165) is 38.9 Å². The topological polar surface area (TPSA) is 42.6 Å². The van der Waals surface area contributed by atoms with Crippen molar-refractivity contribution in [1.82, 2.24) is 20.7 Å². The lowest BCUT2D eigenvalue weighted by Gasteiger charge is -2.54. The molecule has 0 amide bonds. The van der Waals surface area contributed by atoms with Crippen LogP contribution in [-0.4, -0.2) is 73.5 Å². The van der Waals surface area contributed by atoms with Gasteiger partial charge in [-0.1, -0.05) is 6.07 Å². The van der Waals surface area contributed by atoms with E-state index in [2.05, 4.69) is 21.1 Å². The van der Waals surface area contributed by atoms with Crippen LogP contribution in [0.4, 0.5) is 27.6 Å². The number of alkyl halides is 4. The molecule has 1 aliphatic carbocycles. The molecule has 5 nitrogen and oxygen atoms in total. The highest BCUT2D eigenvalue weighted by molar-refractivity contribution is 5.48. The number of piperidine rings is 1. The van der Waals surface area contributed by atoms with Crippen LogP contribution in [-0.2, 0) is 0 Å². The van der Waals surface area contributed by atoms with Crippen LogP contribution in [0.3, 0.4) is 0 Å². The van der Waals surface area contributed by atoms with Crippen LogP contribution < -0.4 is 16.2 Å². The van der Waals surface area contributed by atoms with Crippen molar-refractivity contribution < 1.29 is 22.0 Å². The first-order valence-electron chi connectivity index (χ1n) is 12.9. The summed E-state index contributed by atoms with van der Waals surface area (Å²) in [6.07, 6.45) is -1.35.